The van der Waals surface area contributed by atoms with Gasteiger partial charge in [-0.3, -0.25) is 14.2 Å². The summed E-state index contributed by atoms with van der Waals surface area (Å²) in [5.41, 5.74) is 0.606. The zero-order valence-corrected chi connectivity index (χ0v) is 22.2. The number of fused-ring (bicyclic) bond motifs is 1. The van der Waals surface area contributed by atoms with Crippen molar-refractivity contribution in [1.29, 1.82) is 0 Å². The Bertz CT molecular complexity index is 1330. The van der Waals surface area contributed by atoms with Gasteiger partial charge in [0.05, 0.1) is 11.6 Å². The third-order valence-electron chi connectivity index (χ3n) is 7.20. The number of hydrogen-bond donors (Lipinski definition) is 1. The molecule has 9 heteroatoms. The van der Waals surface area contributed by atoms with Crippen LogP contribution in [0.25, 0.3) is 22.4 Å². The molecule has 0 bridgehead atoms. The Balaban J connectivity index is 1.40. The van der Waals surface area contributed by atoms with Crippen LogP contribution in [0.4, 0.5) is 0 Å². The number of carbonyl (C=O) groups excluding carboxylic acids is 1. The van der Waals surface area contributed by atoms with Crippen molar-refractivity contribution < 1.29 is 9.53 Å². The maximum Gasteiger partial charge on any atom is 0.263 e. The second-order valence-corrected chi connectivity index (χ2v) is 11.0. The van der Waals surface area contributed by atoms with Crippen LogP contribution in [-0.2, 0) is 11.3 Å². The minimum atomic E-state index is -0.341. The third-order valence-corrected chi connectivity index (χ3v) is 7.43. The first kappa shape index (κ1) is 25.7. The van der Waals surface area contributed by atoms with Gasteiger partial charge in [-0.25, -0.2) is 9.97 Å². The Morgan fingerprint density at radius 3 is 2.65 bits per heavy atom. The number of benzene rings is 1. The average Bonchev–Trinajstić information content (AvgIpc) is 2.84. The minimum Gasteiger partial charge on any atom is -0.489 e. The smallest absolute Gasteiger partial charge is 0.263 e. The number of amides is 1. The van der Waals surface area contributed by atoms with Crippen molar-refractivity contribution in [3.63, 3.8) is 0 Å². The lowest BCUT2D eigenvalue weighted by Crippen LogP contribution is -2.41. The molecule has 5 rings (SSSR count). The number of nitrogens with zero attached hydrogens (tertiary/aromatic N) is 4. The lowest BCUT2D eigenvalue weighted by molar-refractivity contribution is -0.122. The summed E-state index contributed by atoms with van der Waals surface area (Å²) in [5, 5.41) is 3.68. The second kappa shape index (κ2) is 11.2. The monoisotopic (exact) mass is 523 g/mol. The van der Waals surface area contributed by atoms with Gasteiger partial charge in [-0.1, -0.05) is 30.2 Å². The van der Waals surface area contributed by atoms with Crippen LogP contribution in [0, 0.1) is 5.92 Å². The van der Waals surface area contributed by atoms with Crippen LogP contribution in [0.15, 0.2) is 41.3 Å². The van der Waals surface area contributed by atoms with E-state index in [-0.39, 0.29) is 30.2 Å². The Hall–Kier alpha value is -2.97. The summed E-state index contributed by atoms with van der Waals surface area (Å²) in [5.74, 6) is 1.50. The highest BCUT2D eigenvalue weighted by Crippen LogP contribution is 2.29. The topological polar surface area (TPSA) is 89.3 Å². The van der Waals surface area contributed by atoms with Gasteiger partial charge >= 0.3 is 0 Å². The summed E-state index contributed by atoms with van der Waals surface area (Å²) in [4.78, 5) is 38.0. The van der Waals surface area contributed by atoms with Crippen LogP contribution < -0.4 is 15.6 Å². The molecule has 1 amide bonds. The fourth-order valence-electron chi connectivity index (χ4n) is 5.10. The molecule has 1 N–H and O–H groups in total. The van der Waals surface area contributed by atoms with Crippen LogP contribution in [0.5, 0.6) is 5.75 Å². The Labute approximate surface area is 222 Å². The average molecular weight is 524 g/mol. The zero-order valence-electron chi connectivity index (χ0n) is 21.5. The molecule has 0 spiro atoms. The predicted octanol–water partition coefficient (Wildman–Crippen LogP) is 4.28. The van der Waals surface area contributed by atoms with Gasteiger partial charge in [-0.2, -0.15) is 0 Å². The van der Waals surface area contributed by atoms with Gasteiger partial charge in [0, 0.05) is 36.3 Å². The van der Waals surface area contributed by atoms with Gasteiger partial charge < -0.3 is 15.0 Å². The molecule has 0 unspecified atom stereocenters. The number of rotatable bonds is 8. The highest BCUT2D eigenvalue weighted by atomic mass is 35.5. The van der Waals surface area contributed by atoms with Gasteiger partial charge in [0.2, 0.25) is 5.91 Å². The number of carbonyl (C=O) groups is 1. The molecule has 1 saturated carbocycles. The number of aromatic nitrogens is 3. The molecule has 3 aromatic rings. The molecular formula is C28H34ClN5O3. The molecule has 0 atom stereocenters. The van der Waals surface area contributed by atoms with Crippen LogP contribution in [-0.4, -0.2) is 57.1 Å². The van der Waals surface area contributed by atoms with Gasteiger partial charge in [-0.05, 0) is 63.6 Å². The summed E-state index contributed by atoms with van der Waals surface area (Å²) in [7, 11) is 0. The molecule has 8 nitrogen and oxygen atoms in total. The predicted molar refractivity (Wildman–Crippen MR) is 145 cm³/mol. The number of halogens is 1. The molecule has 1 saturated heterocycles. The number of hydrogen-bond acceptors (Lipinski definition) is 6. The van der Waals surface area contributed by atoms with Crippen LogP contribution in [0.1, 0.15) is 46.0 Å². The fraction of sp³-hybridized carbons (Fsp3) is 0.500. The molecule has 1 aliphatic carbocycles. The lowest BCUT2D eigenvalue weighted by Gasteiger charge is -2.36. The van der Waals surface area contributed by atoms with E-state index in [0.29, 0.717) is 33.2 Å². The molecule has 196 valence electrons. The summed E-state index contributed by atoms with van der Waals surface area (Å²) in [6, 6.07) is 8.73. The van der Waals surface area contributed by atoms with Crippen molar-refractivity contribution in [1.82, 2.24) is 24.8 Å². The maximum absolute atomic E-state index is 13.7. The molecule has 1 aliphatic heterocycles. The van der Waals surface area contributed by atoms with E-state index in [9.17, 15) is 9.59 Å². The van der Waals surface area contributed by atoms with E-state index in [2.05, 4.69) is 20.2 Å². The van der Waals surface area contributed by atoms with Crippen LogP contribution in [0.2, 0.25) is 5.02 Å². The highest BCUT2D eigenvalue weighted by molar-refractivity contribution is 6.30. The van der Waals surface area contributed by atoms with Crippen molar-refractivity contribution in [3.05, 3.63) is 51.9 Å². The van der Waals surface area contributed by atoms with E-state index in [4.69, 9.17) is 16.3 Å². The summed E-state index contributed by atoms with van der Waals surface area (Å²) in [6.07, 6.45) is 7.74. The van der Waals surface area contributed by atoms with Crippen molar-refractivity contribution in [2.75, 3.05) is 19.6 Å². The molecule has 37 heavy (non-hydrogen) atoms. The Kier molecular flexibility index (Phi) is 7.76. The second-order valence-electron chi connectivity index (χ2n) is 10.5. The highest BCUT2D eigenvalue weighted by Gasteiger charge is 2.26. The van der Waals surface area contributed by atoms with E-state index in [1.165, 1.54) is 30.4 Å². The van der Waals surface area contributed by atoms with Gasteiger partial charge in [0.25, 0.3) is 5.56 Å². The van der Waals surface area contributed by atoms with E-state index >= 15 is 0 Å². The molecule has 2 aromatic heterocycles. The summed E-state index contributed by atoms with van der Waals surface area (Å²) >= 11 is 6.21. The first-order valence-electron chi connectivity index (χ1n) is 13.2. The van der Waals surface area contributed by atoms with Crippen molar-refractivity contribution in [2.45, 2.75) is 64.6 Å². The van der Waals surface area contributed by atoms with Gasteiger partial charge in [0.15, 0.2) is 5.65 Å². The zero-order chi connectivity index (χ0) is 25.9. The minimum absolute atomic E-state index is 0.0481. The number of pyridine rings is 1. The third kappa shape index (κ3) is 6.13. The van der Waals surface area contributed by atoms with Gasteiger partial charge in [0.1, 0.15) is 24.2 Å². The molecule has 0 radical (unpaired) electrons. The molecule has 2 fully saturated rings. The Morgan fingerprint density at radius 1 is 1.19 bits per heavy atom. The quantitative estimate of drug-likeness (QED) is 0.474. The van der Waals surface area contributed by atoms with Crippen molar-refractivity contribution in [3.8, 4) is 17.1 Å². The standard InChI is InChI=1S/C28H34ClN5O3/c1-18(2)31-25(35)17-34-27(20-7-4-8-21(29)13-20)32-26-24(28(34)36)14-23(15-30-26)37-22-9-11-33(12-10-22)16-19-5-3-6-19/h4,7-8,13-15,18-19,22H,3,5-6,9-12,16-17H2,1-2H3,(H,31,35). The summed E-state index contributed by atoms with van der Waals surface area (Å²) in [6.45, 7) is 6.86. The van der Waals surface area contributed by atoms with Crippen LogP contribution in [0.3, 0.4) is 0 Å². The van der Waals surface area contributed by atoms with Crippen molar-refractivity contribution in [2.24, 2.45) is 5.92 Å². The Morgan fingerprint density at radius 2 is 1.97 bits per heavy atom. The molecular weight excluding hydrogens is 490 g/mol. The largest absolute Gasteiger partial charge is 0.489 e. The van der Waals surface area contributed by atoms with Crippen molar-refractivity contribution >= 4 is 28.5 Å². The van der Waals surface area contributed by atoms with Crippen LogP contribution >= 0.6 is 11.6 Å². The van der Waals surface area contributed by atoms with E-state index in [1.54, 1.807) is 30.5 Å². The molecule has 2 aliphatic rings. The summed E-state index contributed by atoms with van der Waals surface area (Å²) < 4.78 is 7.64. The fourth-order valence-corrected chi connectivity index (χ4v) is 5.29. The lowest BCUT2D eigenvalue weighted by atomic mass is 9.85. The SMILES string of the molecule is CC(C)NC(=O)Cn1c(-c2cccc(Cl)c2)nc2ncc(OC3CCN(CC4CCC4)CC3)cc2c1=O. The number of nitrogens with one attached hydrogen (secondary N) is 1. The molecule has 3 heterocycles. The van der Waals surface area contributed by atoms with Gasteiger partial charge in [-0.15, -0.1) is 0 Å². The maximum atomic E-state index is 13.7. The first-order valence-corrected chi connectivity index (χ1v) is 13.6. The van der Waals surface area contributed by atoms with E-state index < -0.39 is 0 Å². The first-order chi connectivity index (χ1) is 17.9. The van der Waals surface area contributed by atoms with E-state index in [1.807, 2.05) is 19.9 Å². The van der Waals surface area contributed by atoms with E-state index in [0.717, 1.165) is 31.8 Å². The number of likely N-dealkylation sites (tertiary alicyclic amines) is 1. The number of piperidine rings is 1. The normalized spacial score (nSPS) is 17.2. The number of ether oxygens (including phenoxy) is 1. The molecule has 1 aromatic carbocycles.